The van der Waals surface area contributed by atoms with Gasteiger partial charge in [0.2, 0.25) is 5.91 Å². The summed E-state index contributed by atoms with van der Waals surface area (Å²) < 4.78 is 0. The predicted molar refractivity (Wildman–Crippen MR) is 60.7 cm³/mol. The lowest BCUT2D eigenvalue weighted by atomic mass is 10.2. The third-order valence-corrected chi connectivity index (χ3v) is 2.11. The summed E-state index contributed by atoms with van der Waals surface area (Å²) in [5, 5.41) is 11.4. The van der Waals surface area contributed by atoms with Gasteiger partial charge in [0.1, 0.15) is 0 Å². The number of nitrogens with one attached hydrogen (secondary N) is 1. The molecule has 1 aromatic carbocycles. The van der Waals surface area contributed by atoms with Gasteiger partial charge in [-0.25, -0.2) is 0 Å². The average Bonchev–Trinajstić information content (AvgIpc) is 2.18. The fourth-order valence-corrected chi connectivity index (χ4v) is 1.34. The van der Waals surface area contributed by atoms with Crippen molar-refractivity contribution in [2.45, 2.75) is 26.2 Å². The fraction of sp³-hybridized carbons (Fsp3) is 0.417. The normalized spacial score (nSPS) is 10.0. The van der Waals surface area contributed by atoms with Gasteiger partial charge >= 0.3 is 0 Å². The molecule has 0 atom stereocenters. The Balaban J connectivity index is 2.37. The molecule has 3 heteroatoms. The van der Waals surface area contributed by atoms with E-state index in [0.29, 0.717) is 12.8 Å². The molecule has 0 fully saturated rings. The lowest BCUT2D eigenvalue weighted by Gasteiger charge is -2.05. The van der Waals surface area contributed by atoms with Gasteiger partial charge < -0.3 is 10.4 Å². The van der Waals surface area contributed by atoms with Crippen LogP contribution < -0.4 is 5.32 Å². The van der Waals surface area contributed by atoms with Crippen molar-refractivity contribution in [1.82, 2.24) is 0 Å². The van der Waals surface area contributed by atoms with Gasteiger partial charge in [0.15, 0.2) is 0 Å². The molecule has 0 spiro atoms. The maximum Gasteiger partial charge on any atom is 0.224 e. The van der Waals surface area contributed by atoms with Crippen molar-refractivity contribution in [2.75, 3.05) is 11.9 Å². The number of carbonyl (C=O) groups is 1. The zero-order valence-corrected chi connectivity index (χ0v) is 8.99. The van der Waals surface area contributed by atoms with Gasteiger partial charge in [-0.2, -0.15) is 0 Å². The average molecular weight is 207 g/mol. The molecule has 1 amide bonds. The van der Waals surface area contributed by atoms with E-state index in [1.54, 1.807) is 0 Å². The Hall–Kier alpha value is -1.35. The minimum Gasteiger partial charge on any atom is -0.396 e. The van der Waals surface area contributed by atoms with E-state index in [9.17, 15) is 4.79 Å². The van der Waals surface area contributed by atoms with Crippen molar-refractivity contribution in [3.8, 4) is 0 Å². The summed E-state index contributed by atoms with van der Waals surface area (Å²) in [5.74, 6) is 0.00838. The lowest BCUT2D eigenvalue weighted by molar-refractivity contribution is -0.116. The van der Waals surface area contributed by atoms with Crippen molar-refractivity contribution in [3.05, 3.63) is 29.8 Å². The number of aryl methyl sites for hydroxylation is 1. The Morgan fingerprint density at radius 1 is 1.40 bits per heavy atom. The van der Waals surface area contributed by atoms with Crippen LogP contribution in [0.3, 0.4) is 0 Å². The van der Waals surface area contributed by atoms with Crippen LogP contribution in [-0.2, 0) is 4.79 Å². The molecule has 15 heavy (non-hydrogen) atoms. The van der Waals surface area contributed by atoms with Crippen LogP contribution in [-0.4, -0.2) is 17.6 Å². The standard InChI is InChI=1S/C12H17NO2/c1-10-5-4-6-11(9-10)13-12(15)7-2-3-8-14/h4-6,9,14H,2-3,7-8H2,1H3,(H,13,15). The number of aliphatic hydroxyl groups is 1. The molecule has 82 valence electrons. The van der Waals surface area contributed by atoms with Crippen LogP contribution in [0.2, 0.25) is 0 Å². The van der Waals surface area contributed by atoms with Gasteiger partial charge in [0.05, 0.1) is 0 Å². The van der Waals surface area contributed by atoms with E-state index in [4.69, 9.17) is 5.11 Å². The van der Waals surface area contributed by atoms with Crippen LogP contribution in [0, 0.1) is 6.92 Å². The van der Waals surface area contributed by atoms with Gasteiger partial charge in [0, 0.05) is 18.7 Å². The van der Waals surface area contributed by atoms with E-state index >= 15 is 0 Å². The van der Waals surface area contributed by atoms with Gasteiger partial charge in [-0.1, -0.05) is 12.1 Å². The van der Waals surface area contributed by atoms with Crippen molar-refractivity contribution in [2.24, 2.45) is 0 Å². The Kier molecular flexibility index (Phi) is 4.84. The number of benzene rings is 1. The summed E-state index contributed by atoms with van der Waals surface area (Å²) in [5.41, 5.74) is 1.96. The number of amides is 1. The molecule has 0 bridgehead atoms. The molecule has 0 unspecified atom stereocenters. The molecule has 0 heterocycles. The first-order valence-electron chi connectivity index (χ1n) is 5.20. The lowest BCUT2D eigenvalue weighted by Crippen LogP contribution is -2.11. The van der Waals surface area contributed by atoms with E-state index in [-0.39, 0.29) is 12.5 Å². The minimum absolute atomic E-state index is 0.00838. The second-order valence-corrected chi connectivity index (χ2v) is 3.60. The Labute approximate surface area is 90.1 Å². The highest BCUT2D eigenvalue weighted by atomic mass is 16.2. The van der Waals surface area contributed by atoms with Crippen molar-refractivity contribution >= 4 is 11.6 Å². The molecule has 0 aliphatic carbocycles. The quantitative estimate of drug-likeness (QED) is 0.726. The number of aliphatic hydroxyl groups excluding tert-OH is 1. The largest absolute Gasteiger partial charge is 0.396 e. The van der Waals surface area contributed by atoms with Crippen LogP contribution in [0.4, 0.5) is 5.69 Å². The first-order valence-corrected chi connectivity index (χ1v) is 5.20. The summed E-state index contributed by atoms with van der Waals surface area (Å²) in [7, 11) is 0. The molecule has 0 saturated carbocycles. The van der Waals surface area contributed by atoms with E-state index in [1.165, 1.54) is 0 Å². The molecular weight excluding hydrogens is 190 g/mol. The van der Waals surface area contributed by atoms with Crippen molar-refractivity contribution < 1.29 is 9.90 Å². The van der Waals surface area contributed by atoms with E-state index in [0.717, 1.165) is 17.7 Å². The molecular formula is C12H17NO2. The van der Waals surface area contributed by atoms with E-state index in [1.807, 2.05) is 31.2 Å². The number of unbranched alkanes of at least 4 members (excludes halogenated alkanes) is 1. The summed E-state index contributed by atoms with van der Waals surface area (Å²) in [6, 6.07) is 7.71. The van der Waals surface area contributed by atoms with Crippen LogP contribution >= 0.6 is 0 Å². The third-order valence-electron chi connectivity index (χ3n) is 2.11. The summed E-state index contributed by atoms with van der Waals surface area (Å²) in [6.45, 7) is 2.14. The Morgan fingerprint density at radius 3 is 2.87 bits per heavy atom. The molecule has 1 rings (SSSR count). The fourth-order valence-electron chi connectivity index (χ4n) is 1.34. The Morgan fingerprint density at radius 2 is 2.20 bits per heavy atom. The zero-order valence-electron chi connectivity index (χ0n) is 8.99. The third kappa shape index (κ3) is 4.61. The van der Waals surface area contributed by atoms with Crippen LogP contribution in [0.1, 0.15) is 24.8 Å². The summed E-state index contributed by atoms with van der Waals surface area (Å²) in [4.78, 5) is 11.4. The Bertz CT molecular complexity index is 323. The number of rotatable bonds is 5. The smallest absolute Gasteiger partial charge is 0.224 e. The van der Waals surface area contributed by atoms with Gasteiger partial charge in [0.25, 0.3) is 0 Å². The highest BCUT2D eigenvalue weighted by Crippen LogP contribution is 2.10. The second kappa shape index (κ2) is 6.19. The molecule has 3 nitrogen and oxygen atoms in total. The van der Waals surface area contributed by atoms with Crippen LogP contribution in [0.5, 0.6) is 0 Å². The highest BCUT2D eigenvalue weighted by molar-refractivity contribution is 5.90. The number of hydrogen-bond donors (Lipinski definition) is 2. The molecule has 0 aliphatic rings. The first kappa shape index (κ1) is 11.7. The zero-order chi connectivity index (χ0) is 11.1. The van der Waals surface area contributed by atoms with Crippen molar-refractivity contribution in [3.63, 3.8) is 0 Å². The molecule has 0 radical (unpaired) electrons. The molecule has 0 saturated heterocycles. The minimum atomic E-state index is 0.00838. The first-order chi connectivity index (χ1) is 7.22. The predicted octanol–water partition coefficient (Wildman–Crippen LogP) is 2.10. The highest BCUT2D eigenvalue weighted by Gasteiger charge is 2.01. The van der Waals surface area contributed by atoms with Crippen LogP contribution in [0.25, 0.3) is 0 Å². The molecule has 0 aliphatic heterocycles. The number of anilines is 1. The SMILES string of the molecule is Cc1cccc(NC(=O)CCCCO)c1. The second-order valence-electron chi connectivity index (χ2n) is 3.60. The maximum absolute atomic E-state index is 11.4. The molecule has 0 aromatic heterocycles. The van der Waals surface area contributed by atoms with Crippen molar-refractivity contribution in [1.29, 1.82) is 0 Å². The van der Waals surface area contributed by atoms with E-state index in [2.05, 4.69) is 5.32 Å². The van der Waals surface area contributed by atoms with Crippen LogP contribution in [0.15, 0.2) is 24.3 Å². The topological polar surface area (TPSA) is 49.3 Å². The van der Waals surface area contributed by atoms with Gasteiger partial charge in [-0.15, -0.1) is 0 Å². The summed E-state index contributed by atoms with van der Waals surface area (Å²) >= 11 is 0. The number of carbonyl (C=O) groups excluding carboxylic acids is 1. The van der Waals surface area contributed by atoms with E-state index < -0.39 is 0 Å². The van der Waals surface area contributed by atoms with Gasteiger partial charge in [-0.3, -0.25) is 4.79 Å². The van der Waals surface area contributed by atoms with Gasteiger partial charge in [-0.05, 0) is 37.5 Å². The monoisotopic (exact) mass is 207 g/mol. The summed E-state index contributed by atoms with van der Waals surface area (Å²) in [6.07, 6.45) is 1.88. The number of hydrogen-bond acceptors (Lipinski definition) is 2. The maximum atomic E-state index is 11.4. The molecule has 2 N–H and O–H groups in total. The molecule has 1 aromatic rings.